The lowest BCUT2D eigenvalue weighted by Crippen LogP contribution is -2.35. The maximum atomic E-state index is 12.8. The molecule has 8 nitrogen and oxygen atoms in total. The van der Waals surface area contributed by atoms with Gasteiger partial charge in [0.2, 0.25) is 0 Å². The molecule has 3 heterocycles. The zero-order valence-corrected chi connectivity index (χ0v) is 17.2. The van der Waals surface area contributed by atoms with Crippen LogP contribution in [0.15, 0.2) is 58.5 Å². The number of nitrogens with zero attached hydrogens (tertiary/aromatic N) is 1. The number of anilines is 1. The molecule has 0 saturated carbocycles. The number of benzene rings is 2. The molecule has 3 aromatic rings. The number of amides is 4. The molecule has 0 spiro atoms. The van der Waals surface area contributed by atoms with Gasteiger partial charge in [0.1, 0.15) is 17.1 Å². The Bertz CT molecular complexity index is 1380. The fourth-order valence-electron chi connectivity index (χ4n) is 3.65. The number of imide groups is 1. The van der Waals surface area contributed by atoms with Gasteiger partial charge in [-0.15, -0.1) is 0 Å². The zero-order chi connectivity index (χ0) is 22.6. The van der Waals surface area contributed by atoms with E-state index in [9.17, 15) is 19.2 Å². The van der Waals surface area contributed by atoms with Crippen LogP contribution in [0, 0.1) is 13.8 Å². The maximum absolute atomic E-state index is 12.8. The topological polar surface area (TPSA) is 109 Å². The summed E-state index contributed by atoms with van der Waals surface area (Å²) < 4.78 is 5.78. The fourth-order valence-corrected chi connectivity index (χ4v) is 3.65. The van der Waals surface area contributed by atoms with E-state index in [0.29, 0.717) is 28.3 Å². The van der Waals surface area contributed by atoms with Gasteiger partial charge in [-0.05, 0) is 67.4 Å². The fraction of sp³-hybridized carbons (Fsp3) is 0.0833. The second kappa shape index (κ2) is 7.05. The minimum Gasteiger partial charge on any atom is -0.457 e. The standard InChI is InChI=1S/C24H17N3O5/c1-12-3-5-15(9-13(12)2)27-24(31)19(23(30)26-27)11-16-6-8-20(32-16)14-4-7-17-18(10-14)22(29)25-21(17)28/h3-11H,1-2H3,(H,26,30)(H,25,28,29). The number of carbonyl (C=O) groups is 4. The molecule has 1 fully saturated rings. The number of hydrazine groups is 1. The number of carbonyl (C=O) groups excluding carboxylic acids is 4. The second-order valence-corrected chi connectivity index (χ2v) is 7.65. The summed E-state index contributed by atoms with van der Waals surface area (Å²) in [5.74, 6) is -1.16. The van der Waals surface area contributed by atoms with Crippen molar-refractivity contribution in [2.45, 2.75) is 13.8 Å². The monoisotopic (exact) mass is 427 g/mol. The van der Waals surface area contributed by atoms with Crippen LogP contribution >= 0.6 is 0 Å². The zero-order valence-electron chi connectivity index (χ0n) is 17.2. The summed E-state index contributed by atoms with van der Waals surface area (Å²) in [6, 6.07) is 13.6. The summed E-state index contributed by atoms with van der Waals surface area (Å²) in [4.78, 5) is 48.9. The molecular weight excluding hydrogens is 410 g/mol. The molecule has 2 N–H and O–H groups in total. The number of furan rings is 1. The van der Waals surface area contributed by atoms with E-state index in [1.54, 1.807) is 36.4 Å². The third-order valence-corrected chi connectivity index (χ3v) is 5.57. The molecule has 32 heavy (non-hydrogen) atoms. The van der Waals surface area contributed by atoms with Crippen LogP contribution < -0.4 is 15.8 Å². The summed E-state index contributed by atoms with van der Waals surface area (Å²) in [6.07, 6.45) is 1.38. The van der Waals surface area contributed by atoms with Gasteiger partial charge in [-0.25, -0.2) is 5.01 Å². The number of aryl methyl sites for hydroxylation is 2. The highest BCUT2D eigenvalue weighted by Gasteiger charge is 2.35. The Morgan fingerprint density at radius 3 is 2.38 bits per heavy atom. The summed E-state index contributed by atoms with van der Waals surface area (Å²) >= 11 is 0. The van der Waals surface area contributed by atoms with Gasteiger partial charge in [-0.2, -0.15) is 0 Å². The summed E-state index contributed by atoms with van der Waals surface area (Å²) in [6.45, 7) is 3.90. The Balaban J connectivity index is 1.43. The van der Waals surface area contributed by atoms with E-state index in [-0.39, 0.29) is 11.1 Å². The summed E-state index contributed by atoms with van der Waals surface area (Å²) in [7, 11) is 0. The molecule has 0 aliphatic carbocycles. The van der Waals surface area contributed by atoms with E-state index < -0.39 is 23.6 Å². The van der Waals surface area contributed by atoms with Crippen molar-refractivity contribution in [1.29, 1.82) is 0 Å². The second-order valence-electron chi connectivity index (χ2n) is 7.65. The summed E-state index contributed by atoms with van der Waals surface area (Å²) in [5, 5.41) is 3.45. The molecule has 0 atom stereocenters. The van der Waals surface area contributed by atoms with Crippen molar-refractivity contribution in [3.63, 3.8) is 0 Å². The van der Waals surface area contributed by atoms with Crippen molar-refractivity contribution in [2.24, 2.45) is 0 Å². The quantitative estimate of drug-likeness (QED) is 0.380. The van der Waals surface area contributed by atoms with Crippen molar-refractivity contribution < 1.29 is 23.6 Å². The largest absolute Gasteiger partial charge is 0.457 e. The highest BCUT2D eigenvalue weighted by Crippen LogP contribution is 2.29. The van der Waals surface area contributed by atoms with Crippen LogP contribution in [0.5, 0.6) is 0 Å². The average molecular weight is 427 g/mol. The number of nitrogens with one attached hydrogen (secondary N) is 2. The van der Waals surface area contributed by atoms with Crippen molar-refractivity contribution in [3.8, 4) is 11.3 Å². The first-order chi connectivity index (χ1) is 15.3. The van der Waals surface area contributed by atoms with Gasteiger partial charge in [0.05, 0.1) is 16.8 Å². The first-order valence-electron chi connectivity index (χ1n) is 9.86. The molecule has 1 saturated heterocycles. The third kappa shape index (κ3) is 3.09. The smallest absolute Gasteiger partial charge is 0.282 e. The number of hydrogen-bond acceptors (Lipinski definition) is 5. The van der Waals surface area contributed by atoms with Crippen molar-refractivity contribution >= 4 is 35.4 Å². The first-order valence-corrected chi connectivity index (χ1v) is 9.86. The van der Waals surface area contributed by atoms with E-state index in [1.807, 2.05) is 26.0 Å². The molecule has 0 radical (unpaired) electrons. The Hall–Kier alpha value is -4.46. The van der Waals surface area contributed by atoms with Gasteiger partial charge in [-0.1, -0.05) is 12.1 Å². The van der Waals surface area contributed by atoms with Crippen molar-refractivity contribution in [3.05, 3.63) is 82.1 Å². The van der Waals surface area contributed by atoms with Crippen LogP contribution in [0.2, 0.25) is 0 Å². The molecule has 2 aromatic carbocycles. The van der Waals surface area contributed by atoms with Gasteiger partial charge < -0.3 is 4.42 Å². The van der Waals surface area contributed by atoms with Crippen LogP contribution in [0.3, 0.4) is 0 Å². The maximum Gasteiger partial charge on any atom is 0.282 e. The predicted molar refractivity (Wildman–Crippen MR) is 115 cm³/mol. The Labute approximate surface area is 182 Å². The van der Waals surface area contributed by atoms with Gasteiger partial charge >= 0.3 is 0 Å². The molecule has 1 aromatic heterocycles. The number of rotatable bonds is 3. The molecule has 4 amide bonds. The lowest BCUT2D eigenvalue weighted by molar-refractivity contribution is -0.117. The molecule has 2 aliphatic rings. The number of fused-ring (bicyclic) bond motifs is 1. The van der Waals surface area contributed by atoms with Gasteiger partial charge in [0.15, 0.2) is 0 Å². The van der Waals surface area contributed by atoms with Crippen LogP contribution in [0.4, 0.5) is 5.69 Å². The molecule has 8 heteroatoms. The lowest BCUT2D eigenvalue weighted by Gasteiger charge is -2.15. The first kappa shape index (κ1) is 19.5. The van der Waals surface area contributed by atoms with E-state index in [1.165, 1.54) is 11.1 Å². The average Bonchev–Trinajstić information content (AvgIpc) is 3.43. The van der Waals surface area contributed by atoms with Crippen LogP contribution in [0.25, 0.3) is 17.4 Å². The SMILES string of the molecule is Cc1ccc(N2NC(=O)C(=Cc3ccc(-c4ccc5c(c4)C(=O)NC5=O)o3)C2=O)cc1C. The molecule has 0 unspecified atom stereocenters. The Morgan fingerprint density at radius 2 is 1.59 bits per heavy atom. The van der Waals surface area contributed by atoms with Crippen LogP contribution in [-0.2, 0) is 9.59 Å². The molecular formula is C24H17N3O5. The van der Waals surface area contributed by atoms with Crippen LogP contribution in [0.1, 0.15) is 37.6 Å². The normalized spacial score (nSPS) is 16.6. The molecule has 5 rings (SSSR count). The minimum atomic E-state index is -0.529. The highest BCUT2D eigenvalue weighted by molar-refractivity contribution is 6.31. The molecule has 2 aliphatic heterocycles. The van der Waals surface area contributed by atoms with Gasteiger partial charge in [0, 0.05) is 5.56 Å². The van der Waals surface area contributed by atoms with E-state index in [4.69, 9.17) is 4.42 Å². The Morgan fingerprint density at radius 1 is 0.812 bits per heavy atom. The van der Waals surface area contributed by atoms with E-state index in [2.05, 4.69) is 10.7 Å². The predicted octanol–water partition coefficient (Wildman–Crippen LogP) is 2.91. The highest BCUT2D eigenvalue weighted by atomic mass is 16.3. The number of hydrogen-bond donors (Lipinski definition) is 2. The molecule has 158 valence electrons. The Kier molecular flexibility index (Phi) is 4.30. The van der Waals surface area contributed by atoms with Crippen molar-refractivity contribution in [2.75, 3.05) is 5.01 Å². The summed E-state index contributed by atoms with van der Waals surface area (Å²) in [5.41, 5.74) is 6.36. The van der Waals surface area contributed by atoms with Crippen molar-refractivity contribution in [1.82, 2.24) is 10.7 Å². The molecule has 0 bridgehead atoms. The minimum absolute atomic E-state index is 0.0527. The third-order valence-electron chi connectivity index (χ3n) is 5.57. The van der Waals surface area contributed by atoms with Gasteiger partial charge in [-0.3, -0.25) is 29.9 Å². The van der Waals surface area contributed by atoms with Gasteiger partial charge in [0.25, 0.3) is 23.6 Å². The van der Waals surface area contributed by atoms with Crippen LogP contribution in [-0.4, -0.2) is 23.6 Å². The lowest BCUT2D eigenvalue weighted by atomic mass is 10.0. The van der Waals surface area contributed by atoms with E-state index >= 15 is 0 Å². The van der Waals surface area contributed by atoms with E-state index in [0.717, 1.165) is 11.1 Å².